The van der Waals surface area contributed by atoms with Crippen LogP contribution < -0.4 is 10.1 Å². The number of alkyl halides is 3. The third-order valence-electron chi connectivity index (χ3n) is 5.27. The van der Waals surface area contributed by atoms with Crippen LogP contribution in [0.5, 0.6) is 5.75 Å². The molecule has 2 N–H and O–H groups in total. The Morgan fingerprint density at radius 1 is 1.05 bits per heavy atom. The summed E-state index contributed by atoms with van der Waals surface area (Å²) in [5, 5.41) is 12.3. The lowest BCUT2D eigenvalue weighted by Crippen LogP contribution is -2.40. The van der Waals surface area contributed by atoms with Crippen molar-refractivity contribution in [3.8, 4) is 5.75 Å². The third kappa shape index (κ3) is 12.0. The molecule has 0 fully saturated rings. The van der Waals surface area contributed by atoms with Gasteiger partial charge in [-0.2, -0.15) is 13.2 Å². The highest BCUT2D eigenvalue weighted by Crippen LogP contribution is 2.22. The molecule has 2 amide bonds. The molecule has 1 unspecified atom stereocenters. The van der Waals surface area contributed by atoms with Gasteiger partial charge in [0.25, 0.3) is 0 Å². The number of para-hydroxylation sites is 1. The van der Waals surface area contributed by atoms with Crippen LogP contribution in [-0.4, -0.2) is 73.8 Å². The highest BCUT2D eigenvalue weighted by molar-refractivity contribution is 6.33. The molecular weight excluding hydrogens is 529 g/mol. The van der Waals surface area contributed by atoms with Crippen LogP contribution in [0, 0.1) is 0 Å². The molecule has 210 valence electrons. The van der Waals surface area contributed by atoms with E-state index in [0.717, 1.165) is 5.56 Å². The maximum atomic E-state index is 12.9. The molecule has 0 bridgehead atoms. The molecule has 38 heavy (non-hydrogen) atoms. The Hall–Kier alpha value is -3.02. The summed E-state index contributed by atoms with van der Waals surface area (Å²) >= 11 is 6.12. The highest BCUT2D eigenvalue weighted by atomic mass is 35.5. The first-order valence-electron chi connectivity index (χ1n) is 12.1. The number of carboxylic acid groups (broad SMARTS) is 1. The van der Waals surface area contributed by atoms with Crippen molar-refractivity contribution in [3.63, 3.8) is 0 Å². The van der Waals surface area contributed by atoms with E-state index >= 15 is 0 Å². The van der Waals surface area contributed by atoms with Crippen molar-refractivity contribution in [2.45, 2.75) is 38.5 Å². The monoisotopic (exact) mass is 560 g/mol. The minimum absolute atomic E-state index is 0.0487. The van der Waals surface area contributed by atoms with Gasteiger partial charge in [0.15, 0.2) is 6.10 Å². The number of urea groups is 1. The first kappa shape index (κ1) is 31.2. The Kier molecular flexibility index (Phi) is 13.2. The van der Waals surface area contributed by atoms with Crippen molar-refractivity contribution >= 4 is 29.3 Å². The van der Waals surface area contributed by atoms with Gasteiger partial charge in [-0.1, -0.05) is 35.9 Å². The Bertz CT molecular complexity index is 1010. The second-order valence-corrected chi connectivity index (χ2v) is 8.61. The van der Waals surface area contributed by atoms with E-state index in [2.05, 4.69) is 5.32 Å². The number of hydrogen-bond donors (Lipinski definition) is 2. The van der Waals surface area contributed by atoms with Crippen LogP contribution in [0.4, 0.5) is 23.7 Å². The lowest BCUT2D eigenvalue weighted by Gasteiger charge is -2.23. The molecule has 0 heterocycles. The van der Waals surface area contributed by atoms with Crippen molar-refractivity contribution in [1.29, 1.82) is 0 Å². The fraction of sp³-hybridized carbons (Fsp3) is 0.462. The molecule has 0 spiro atoms. The molecule has 1 atom stereocenters. The first-order valence-corrected chi connectivity index (χ1v) is 12.5. The number of carboxylic acids is 1. The van der Waals surface area contributed by atoms with Gasteiger partial charge in [-0.25, -0.2) is 9.59 Å². The number of ether oxygens (including phenoxy) is 3. The summed E-state index contributed by atoms with van der Waals surface area (Å²) in [6.07, 6.45) is -6.05. The number of carbonyl (C=O) groups is 2. The summed E-state index contributed by atoms with van der Waals surface area (Å²) in [5.41, 5.74) is 1.18. The third-order valence-corrected chi connectivity index (χ3v) is 5.60. The number of hydrogen-bond acceptors (Lipinski definition) is 5. The lowest BCUT2D eigenvalue weighted by molar-refractivity contribution is -0.150. The summed E-state index contributed by atoms with van der Waals surface area (Å²) in [7, 11) is 0. The topological polar surface area (TPSA) is 97.3 Å². The molecular formula is C26H32ClF3N2O6. The van der Waals surface area contributed by atoms with Crippen LogP contribution in [0.1, 0.15) is 25.3 Å². The number of rotatable bonds is 16. The molecule has 0 aliphatic heterocycles. The molecule has 2 aromatic carbocycles. The standard InChI is InChI=1S/C26H32ClF3N2O6/c1-2-37-23(24(33)34)18-19-8-10-20(11-9-19)38-17-14-32(13-16-36-15-5-12-26(28,29)30)25(35)31-22-7-4-3-6-21(22)27/h3-4,6-11,23H,2,5,12-18H2,1H3,(H,31,35)(H,33,34). The van der Waals surface area contributed by atoms with Crippen molar-refractivity contribution in [2.24, 2.45) is 0 Å². The molecule has 0 saturated carbocycles. The number of benzene rings is 2. The second-order valence-electron chi connectivity index (χ2n) is 8.21. The Balaban J connectivity index is 1.90. The van der Waals surface area contributed by atoms with Gasteiger partial charge in [-0.3, -0.25) is 0 Å². The van der Waals surface area contributed by atoms with Crippen LogP contribution in [0.25, 0.3) is 0 Å². The average Bonchev–Trinajstić information content (AvgIpc) is 2.86. The maximum absolute atomic E-state index is 12.9. The Labute approximate surface area is 224 Å². The predicted molar refractivity (Wildman–Crippen MR) is 137 cm³/mol. The molecule has 12 heteroatoms. The Morgan fingerprint density at radius 3 is 2.37 bits per heavy atom. The van der Waals surface area contributed by atoms with Crippen LogP contribution >= 0.6 is 11.6 Å². The molecule has 0 saturated heterocycles. The Morgan fingerprint density at radius 2 is 1.74 bits per heavy atom. The first-order chi connectivity index (χ1) is 18.1. The van der Waals surface area contributed by atoms with Crippen LogP contribution in [0.2, 0.25) is 5.02 Å². The van der Waals surface area contributed by atoms with Gasteiger partial charge >= 0.3 is 18.2 Å². The molecule has 0 radical (unpaired) electrons. The maximum Gasteiger partial charge on any atom is 0.389 e. The SMILES string of the molecule is CCOC(Cc1ccc(OCCN(CCOCCCC(F)(F)F)C(=O)Nc2ccccc2Cl)cc1)C(=O)O. The number of nitrogens with zero attached hydrogens (tertiary/aromatic N) is 1. The minimum Gasteiger partial charge on any atom is -0.492 e. The zero-order valence-electron chi connectivity index (χ0n) is 21.0. The summed E-state index contributed by atoms with van der Waals surface area (Å²) < 4.78 is 53.1. The van der Waals surface area contributed by atoms with Crippen LogP contribution in [-0.2, 0) is 20.7 Å². The fourth-order valence-corrected chi connectivity index (χ4v) is 3.53. The smallest absolute Gasteiger partial charge is 0.389 e. The molecule has 8 nitrogen and oxygen atoms in total. The molecule has 0 aliphatic rings. The number of anilines is 1. The van der Waals surface area contributed by atoms with Crippen molar-refractivity contribution in [1.82, 2.24) is 4.90 Å². The number of halogens is 4. The lowest BCUT2D eigenvalue weighted by atomic mass is 10.1. The van der Waals surface area contributed by atoms with Gasteiger partial charge in [-0.05, 0) is 43.2 Å². The predicted octanol–water partition coefficient (Wildman–Crippen LogP) is 5.64. The minimum atomic E-state index is -4.24. The summed E-state index contributed by atoms with van der Waals surface area (Å²) in [4.78, 5) is 25.5. The largest absolute Gasteiger partial charge is 0.492 e. The van der Waals surface area contributed by atoms with Gasteiger partial charge in [0.2, 0.25) is 0 Å². The highest BCUT2D eigenvalue weighted by Gasteiger charge is 2.26. The molecule has 2 aromatic rings. The normalized spacial score (nSPS) is 12.1. The van der Waals surface area contributed by atoms with Crippen LogP contribution in [0.15, 0.2) is 48.5 Å². The number of nitrogens with one attached hydrogen (secondary N) is 1. The molecule has 0 aromatic heterocycles. The van der Waals surface area contributed by atoms with E-state index in [4.69, 9.17) is 25.8 Å². The van der Waals surface area contributed by atoms with E-state index in [1.807, 2.05) is 0 Å². The fourth-order valence-electron chi connectivity index (χ4n) is 3.35. The number of aliphatic carboxylic acids is 1. The second kappa shape index (κ2) is 16.1. The van der Waals surface area contributed by atoms with Gasteiger partial charge in [0, 0.05) is 32.6 Å². The van der Waals surface area contributed by atoms with Gasteiger partial charge in [0.1, 0.15) is 12.4 Å². The van der Waals surface area contributed by atoms with Crippen LogP contribution in [0.3, 0.4) is 0 Å². The summed E-state index contributed by atoms with van der Waals surface area (Å²) in [6.45, 7) is 2.40. The zero-order valence-corrected chi connectivity index (χ0v) is 21.8. The van der Waals surface area contributed by atoms with E-state index in [0.29, 0.717) is 16.5 Å². The molecule has 0 aliphatic carbocycles. The van der Waals surface area contributed by atoms with Gasteiger partial charge < -0.3 is 29.5 Å². The quantitative estimate of drug-likeness (QED) is 0.258. The van der Waals surface area contributed by atoms with E-state index in [1.165, 1.54) is 4.90 Å². The van der Waals surface area contributed by atoms with Gasteiger partial charge in [-0.15, -0.1) is 0 Å². The van der Waals surface area contributed by atoms with E-state index in [-0.39, 0.29) is 52.4 Å². The van der Waals surface area contributed by atoms with E-state index in [1.54, 1.807) is 55.5 Å². The average molecular weight is 561 g/mol. The van der Waals surface area contributed by atoms with Gasteiger partial charge in [0.05, 0.1) is 23.9 Å². The number of carbonyl (C=O) groups excluding carboxylic acids is 1. The van der Waals surface area contributed by atoms with Crippen molar-refractivity contribution in [3.05, 3.63) is 59.1 Å². The van der Waals surface area contributed by atoms with Crippen molar-refractivity contribution in [2.75, 3.05) is 44.8 Å². The summed E-state index contributed by atoms with van der Waals surface area (Å²) in [5.74, 6) is -0.515. The van der Waals surface area contributed by atoms with Crippen molar-refractivity contribution < 1.29 is 42.1 Å². The zero-order chi connectivity index (χ0) is 28.0. The molecule has 2 rings (SSSR count). The summed E-state index contributed by atoms with van der Waals surface area (Å²) in [6, 6.07) is 13.1. The van der Waals surface area contributed by atoms with E-state index < -0.39 is 30.7 Å². The van der Waals surface area contributed by atoms with E-state index in [9.17, 15) is 27.9 Å². The number of amides is 2.